The van der Waals surface area contributed by atoms with Crippen molar-refractivity contribution in [3.05, 3.63) is 35.8 Å². The highest BCUT2D eigenvalue weighted by molar-refractivity contribution is 5.88. The van der Waals surface area contributed by atoms with E-state index in [0.717, 1.165) is 5.69 Å². The number of aromatic carboxylic acids is 1. The molecule has 0 saturated heterocycles. The third-order valence-corrected chi connectivity index (χ3v) is 2.82. The van der Waals surface area contributed by atoms with Crippen molar-refractivity contribution < 1.29 is 14.3 Å². The number of carbonyl (C=O) groups is 1. The van der Waals surface area contributed by atoms with E-state index in [1.807, 2.05) is 19.0 Å². The average Bonchev–Trinajstić information content (AvgIpc) is 2.71. The van der Waals surface area contributed by atoms with Crippen molar-refractivity contribution in [1.82, 2.24) is 9.78 Å². The first-order valence-corrected chi connectivity index (χ1v) is 5.64. The number of carboxylic acids is 1. The fourth-order valence-electron chi connectivity index (χ4n) is 1.93. The molecule has 0 saturated carbocycles. The van der Waals surface area contributed by atoms with Gasteiger partial charge in [0.15, 0.2) is 5.69 Å². The number of aryl methyl sites for hydroxylation is 1. The molecule has 0 radical (unpaired) electrons. The van der Waals surface area contributed by atoms with E-state index in [1.54, 1.807) is 13.1 Å². The molecule has 0 amide bonds. The summed E-state index contributed by atoms with van der Waals surface area (Å²) in [5.41, 5.74) is 1.89. The Labute approximate surface area is 109 Å². The fourth-order valence-corrected chi connectivity index (χ4v) is 1.93. The summed E-state index contributed by atoms with van der Waals surface area (Å²) in [6.07, 6.45) is 0. The lowest BCUT2D eigenvalue weighted by Gasteiger charge is -2.17. The largest absolute Gasteiger partial charge is 0.476 e. The van der Waals surface area contributed by atoms with Crippen molar-refractivity contribution >= 4 is 11.7 Å². The predicted octanol–water partition coefficient (Wildman–Crippen LogP) is 1.99. The lowest BCUT2D eigenvalue weighted by molar-refractivity contribution is 0.0689. The molecule has 2 aromatic rings. The zero-order valence-electron chi connectivity index (χ0n) is 10.9. The number of hydrogen-bond donors (Lipinski definition) is 1. The number of anilines is 1. The third kappa shape index (κ3) is 2.42. The van der Waals surface area contributed by atoms with E-state index in [1.165, 1.54) is 22.9 Å². The Morgan fingerprint density at radius 2 is 2.05 bits per heavy atom. The lowest BCUT2D eigenvalue weighted by Crippen LogP contribution is -2.11. The van der Waals surface area contributed by atoms with Crippen molar-refractivity contribution in [3.63, 3.8) is 0 Å². The van der Waals surface area contributed by atoms with Gasteiger partial charge in [-0.05, 0) is 24.3 Å². The third-order valence-electron chi connectivity index (χ3n) is 2.82. The van der Waals surface area contributed by atoms with E-state index in [0.29, 0.717) is 11.3 Å². The SMILES string of the molecule is CN(C)c1ccc(F)cc1-c1cc(C(=O)O)nn1C. The van der Waals surface area contributed by atoms with Gasteiger partial charge in [-0.15, -0.1) is 0 Å². The molecule has 1 aromatic heterocycles. The normalized spacial score (nSPS) is 10.5. The van der Waals surface area contributed by atoms with Crippen LogP contribution >= 0.6 is 0 Å². The fraction of sp³-hybridized carbons (Fsp3) is 0.231. The van der Waals surface area contributed by atoms with Crippen LogP contribution in [0, 0.1) is 5.82 Å². The Kier molecular flexibility index (Phi) is 3.25. The minimum absolute atomic E-state index is 0.0635. The summed E-state index contributed by atoms with van der Waals surface area (Å²) in [6, 6.07) is 5.83. The first kappa shape index (κ1) is 13.1. The quantitative estimate of drug-likeness (QED) is 0.920. The predicted molar refractivity (Wildman–Crippen MR) is 69.9 cm³/mol. The van der Waals surface area contributed by atoms with Crippen LogP contribution in [0.25, 0.3) is 11.3 Å². The molecule has 2 rings (SSSR count). The van der Waals surface area contributed by atoms with Gasteiger partial charge in [0, 0.05) is 32.4 Å². The van der Waals surface area contributed by atoms with Gasteiger partial charge in [-0.2, -0.15) is 5.10 Å². The highest BCUT2D eigenvalue weighted by Crippen LogP contribution is 2.30. The van der Waals surface area contributed by atoms with E-state index >= 15 is 0 Å². The van der Waals surface area contributed by atoms with Gasteiger partial charge >= 0.3 is 5.97 Å². The van der Waals surface area contributed by atoms with Gasteiger partial charge in [-0.25, -0.2) is 9.18 Å². The molecule has 6 heteroatoms. The van der Waals surface area contributed by atoms with Gasteiger partial charge < -0.3 is 10.0 Å². The molecule has 0 aliphatic carbocycles. The maximum atomic E-state index is 13.4. The first-order chi connectivity index (χ1) is 8.90. The highest BCUT2D eigenvalue weighted by Gasteiger charge is 2.16. The van der Waals surface area contributed by atoms with Crippen molar-refractivity contribution in [3.8, 4) is 11.3 Å². The van der Waals surface area contributed by atoms with Crippen LogP contribution in [0.5, 0.6) is 0 Å². The second kappa shape index (κ2) is 4.72. The Hall–Kier alpha value is -2.37. The second-order valence-electron chi connectivity index (χ2n) is 4.40. The zero-order chi connectivity index (χ0) is 14.2. The molecule has 100 valence electrons. The molecule has 5 nitrogen and oxygen atoms in total. The molecule has 0 unspecified atom stereocenters. The second-order valence-corrected chi connectivity index (χ2v) is 4.40. The Balaban J connectivity index is 2.64. The molecule has 1 N–H and O–H groups in total. The van der Waals surface area contributed by atoms with Gasteiger partial charge in [0.05, 0.1) is 5.69 Å². The maximum Gasteiger partial charge on any atom is 0.356 e. The van der Waals surface area contributed by atoms with Crippen LogP contribution < -0.4 is 4.90 Å². The van der Waals surface area contributed by atoms with Crippen molar-refractivity contribution in [2.45, 2.75) is 0 Å². The van der Waals surface area contributed by atoms with Crippen molar-refractivity contribution in [2.24, 2.45) is 7.05 Å². The molecule has 0 fully saturated rings. The van der Waals surface area contributed by atoms with Gasteiger partial charge in [0.1, 0.15) is 5.82 Å². The Morgan fingerprint density at radius 1 is 1.37 bits per heavy atom. The minimum Gasteiger partial charge on any atom is -0.476 e. The summed E-state index contributed by atoms with van der Waals surface area (Å²) in [4.78, 5) is 12.8. The van der Waals surface area contributed by atoms with Gasteiger partial charge in [0.2, 0.25) is 0 Å². The number of hydrogen-bond acceptors (Lipinski definition) is 3. The maximum absolute atomic E-state index is 13.4. The molecule has 0 aliphatic heterocycles. The highest BCUT2D eigenvalue weighted by atomic mass is 19.1. The average molecular weight is 263 g/mol. The van der Waals surface area contributed by atoms with Crippen molar-refractivity contribution in [1.29, 1.82) is 0 Å². The van der Waals surface area contributed by atoms with Gasteiger partial charge in [-0.1, -0.05) is 0 Å². The smallest absolute Gasteiger partial charge is 0.356 e. The molecular formula is C13H14FN3O2. The lowest BCUT2D eigenvalue weighted by atomic mass is 10.1. The van der Waals surface area contributed by atoms with Crippen LogP contribution in [0.4, 0.5) is 10.1 Å². The van der Waals surface area contributed by atoms with E-state index in [2.05, 4.69) is 5.10 Å². The molecule has 0 spiro atoms. The number of aromatic nitrogens is 2. The van der Waals surface area contributed by atoms with E-state index in [-0.39, 0.29) is 11.5 Å². The Morgan fingerprint density at radius 3 is 2.58 bits per heavy atom. The minimum atomic E-state index is -1.11. The number of benzene rings is 1. The molecule has 1 heterocycles. The van der Waals surface area contributed by atoms with E-state index in [4.69, 9.17) is 5.11 Å². The summed E-state index contributed by atoms with van der Waals surface area (Å²) in [6.45, 7) is 0. The zero-order valence-corrected chi connectivity index (χ0v) is 10.9. The number of rotatable bonds is 3. The Bertz CT molecular complexity index is 635. The summed E-state index contributed by atoms with van der Waals surface area (Å²) >= 11 is 0. The first-order valence-electron chi connectivity index (χ1n) is 5.64. The van der Waals surface area contributed by atoms with E-state index < -0.39 is 5.97 Å². The topological polar surface area (TPSA) is 58.4 Å². The van der Waals surface area contributed by atoms with Gasteiger partial charge in [-0.3, -0.25) is 4.68 Å². The van der Waals surface area contributed by atoms with Crippen molar-refractivity contribution in [2.75, 3.05) is 19.0 Å². The molecule has 19 heavy (non-hydrogen) atoms. The van der Waals surface area contributed by atoms with Crippen LogP contribution in [0.2, 0.25) is 0 Å². The van der Waals surface area contributed by atoms with Gasteiger partial charge in [0.25, 0.3) is 0 Å². The summed E-state index contributed by atoms with van der Waals surface area (Å²) in [5, 5.41) is 12.8. The molecule has 0 atom stereocenters. The number of halogens is 1. The summed E-state index contributed by atoms with van der Waals surface area (Å²) in [7, 11) is 5.31. The molecule has 1 aromatic carbocycles. The van der Waals surface area contributed by atoms with Crippen LogP contribution in [0.15, 0.2) is 24.3 Å². The van der Waals surface area contributed by atoms with Crippen LogP contribution in [-0.2, 0) is 7.05 Å². The van der Waals surface area contributed by atoms with Crippen LogP contribution in [-0.4, -0.2) is 35.0 Å². The number of nitrogens with zero attached hydrogens (tertiary/aromatic N) is 3. The summed E-state index contributed by atoms with van der Waals surface area (Å²) < 4.78 is 14.9. The molecular weight excluding hydrogens is 249 g/mol. The standard InChI is InChI=1S/C13H14FN3O2/c1-16(2)11-5-4-8(14)6-9(11)12-7-10(13(18)19)15-17(12)3/h4-7H,1-3H3,(H,18,19). The monoisotopic (exact) mass is 263 g/mol. The molecule has 0 aliphatic rings. The molecule has 0 bridgehead atoms. The van der Waals surface area contributed by atoms with Crippen LogP contribution in [0.3, 0.4) is 0 Å². The van der Waals surface area contributed by atoms with Crippen LogP contribution in [0.1, 0.15) is 10.5 Å². The summed E-state index contributed by atoms with van der Waals surface area (Å²) in [5.74, 6) is -1.48. The van der Waals surface area contributed by atoms with E-state index in [9.17, 15) is 9.18 Å². The number of carboxylic acid groups (broad SMARTS) is 1.